The van der Waals surface area contributed by atoms with Gasteiger partial charge in [-0.3, -0.25) is 4.79 Å². The Bertz CT molecular complexity index is 302. The Morgan fingerprint density at radius 3 is 2.92 bits per heavy atom. The quantitative estimate of drug-likeness (QED) is 0.756. The normalized spacial score (nSPS) is 9.38. The zero-order valence-corrected chi connectivity index (χ0v) is 7.97. The van der Waals surface area contributed by atoms with Crippen molar-refractivity contribution in [1.82, 2.24) is 0 Å². The van der Waals surface area contributed by atoms with Crippen molar-refractivity contribution in [2.24, 2.45) is 0 Å². The lowest BCUT2D eigenvalue weighted by Gasteiger charge is -2.06. The van der Waals surface area contributed by atoms with Crippen LogP contribution in [0.2, 0.25) is 5.02 Å². The molecule has 0 spiro atoms. The summed E-state index contributed by atoms with van der Waals surface area (Å²) in [6, 6.07) is 5.11. The van der Waals surface area contributed by atoms with Crippen LogP contribution in [0.5, 0.6) is 5.75 Å². The third-order valence-corrected chi connectivity index (χ3v) is 1.78. The van der Waals surface area contributed by atoms with Crippen molar-refractivity contribution in [1.29, 1.82) is 0 Å². The topological polar surface area (TPSA) is 38.3 Å². The summed E-state index contributed by atoms with van der Waals surface area (Å²) in [5, 5.41) is 2.95. The summed E-state index contributed by atoms with van der Waals surface area (Å²) < 4.78 is 5.22. The molecule has 0 aliphatic heterocycles. The van der Waals surface area contributed by atoms with Crippen LogP contribution in [-0.4, -0.2) is 13.0 Å². The van der Waals surface area contributed by atoms with Crippen LogP contribution in [0.3, 0.4) is 0 Å². The predicted molar refractivity (Wildman–Crippen MR) is 52.3 cm³/mol. The summed E-state index contributed by atoms with van der Waals surface area (Å²) in [6.07, 6.45) is 0.585. The lowest BCUT2D eigenvalue weighted by atomic mass is 10.3. The van der Waals surface area contributed by atoms with E-state index < -0.39 is 0 Å². The average Bonchev–Trinajstić information content (AvgIpc) is 2.10. The first-order valence-electron chi connectivity index (χ1n) is 3.90. The van der Waals surface area contributed by atoms with Crippen LogP contribution in [0.25, 0.3) is 0 Å². The maximum Gasteiger partial charge on any atom is 0.211 e. The van der Waals surface area contributed by atoms with E-state index in [9.17, 15) is 4.79 Å². The van der Waals surface area contributed by atoms with Gasteiger partial charge in [-0.25, -0.2) is 0 Å². The molecule has 0 bridgehead atoms. The maximum atomic E-state index is 10.1. The monoisotopic (exact) mass is 199 g/mol. The molecule has 0 aliphatic rings. The van der Waals surface area contributed by atoms with Gasteiger partial charge in [-0.2, -0.15) is 0 Å². The van der Waals surface area contributed by atoms with E-state index in [1.165, 1.54) is 0 Å². The molecule has 0 aromatic heterocycles. The van der Waals surface area contributed by atoms with Gasteiger partial charge in [-0.05, 0) is 19.1 Å². The number of amides is 1. The van der Waals surface area contributed by atoms with Crippen molar-refractivity contribution in [2.45, 2.75) is 6.92 Å². The molecule has 70 valence electrons. The first-order valence-corrected chi connectivity index (χ1v) is 4.28. The third kappa shape index (κ3) is 2.63. The van der Waals surface area contributed by atoms with Gasteiger partial charge in [0.2, 0.25) is 6.41 Å². The minimum Gasteiger partial charge on any atom is -0.494 e. The molecule has 0 aliphatic carbocycles. The highest BCUT2D eigenvalue weighted by Gasteiger charge is 2.00. The number of benzene rings is 1. The Morgan fingerprint density at radius 1 is 1.62 bits per heavy atom. The van der Waals surface area contributed by atoms with Crippen molar-refractivity contribution in [3.05, 3.63) is 23.2 Å². The molecule has 1 rings (SSSR count). The van der Waals surface area contributed by atoms with Gasteiger partial charge in [-0.1, -0.05) is 11.6 Å². The SMILES string of the molecule is CCOc1ccc(NC=O)c(Cl)c1. The van der Waals surface area contributed by atoms with Crippen LogP contribution in [0, 0.1) is 0 Å². The molecule has 0 saturated heterocycles. The zero-order valence-electron chi connectivity index (χ0n) is 7.21. The lowest BCUT2D eigenvalue weighted by molar-refractivity contribution is -0.105. The number of nitrogens with one attached hydrogen (secondary N) is 1. The number of halogens is 1. The van der Waals surface area contributed by atoms with Crippen molar-refractivity contribution in [3.8, 4) is 5.75 Å². The summed E-state index contributed by atoms with van der Waals surface area (Å²) in [5.74, 6) is 0.698. The highest BCUT2D eigenvalue weighted by Crippen LogP contribution is 2.26. The molecule has 1 N–H and O–H groups in total. The molecule has 0 radical (unpaired) electrons. The van der Waals surface area contributed by atoms with Gasteiger partial charge in [0.25, 0.3) is 0 Å². The predicted octanol–water partition coefficient (Wildman–Crippen LogP) is 2.31. The van der Waals surface area contributed by atoms with Crippen LogP contribution in [0.4, 0.5) is 5.69 Å². The molecule has 3 nitrogen and oxygen atoms in total. The van der Waals surface area contributed by atoms with Crippen LogP contribution in [0.15, 0.2) is 18.2 Å². The van der Waals surface area contributed by atoms with Gasteiger partial charge >= 0.3 is 0 Å². The first-order chi connectivity index (χ1) is 6.27. The van der Waals surface area contributed by atoms with E-state index in [1.54, 1.807) is 18.2 Å². The molecule has 1 aromatic carbocycles. The zero-order chi connectivity index (χ0) is 9.68. The standard InChI is InChI=1S/C9H10ClNO2/c1-2-13-7-3-4-9(11-6-12)8(10)5-7/h3-6H,2H2,1H3,(H,11,12). The van der Waals surface area contributed by atoms with Gasteiger partial charge in [0.05, 0.1) is 17.3 Å². The van der Waals surface area contributed by atoms with E-state index in [2.05, 4.69) is 5.32 Å². The van der Waals surface area contributed by atoms with Crippen molar-refractivity contribution in [2.75, 3.05) is 11.9 Å². The lowest BCUT2D eigenvalue weighted by Crippen LogP contribution is -1.96. The molecule has 0 atom stereocenters. The van der Waals surface area contributed by atoms with Crippen LogP contribution < -0.4 is 10.1 Å². The highest BCUT2D eigenvalue weighted by atomic mass is 35.5. The van der Waals surface area contributed by atoms with Crippen LogP contribution in [0.1, 0.15) is 6.92 Å². The van der Waals surface area contributed by atoms with Crippen molar-refractivity contribution < 1.29 is 9.53 Å². The number of ether oxygens (including phenoxy) is 1. The molecule has 0 fully saturated rings. The average molecular weight is 200 g/mol. The van der Waals surface area contributed by atoms with E-state index in [0.717, 1.165) is 0 Å². The summed E-state index contributed by atoms with van der Waals surface area (Å²) in [4.78, 5) is 10.1. The van der Waals surface area contributed by atoms with E-state index in [4.69, 9.17) is 16.3 Å². The summed E-state index contributed by atoms with van der Waals surface area (Å²) in [6.45, 7) is 2.49. The molecular weight excluding hydrogens is 190 g/mol. The van der Waals surface area contributed by atoms with Crippen LogP contribution in [-0.2, 0) is 4.79 Å². The second-order valence-electron chi connectivity index (χ2n) is 2.34. The molecule has 4 heteroatoms. The van der Waals surface area contributed by atoms with Gasteiger partial charge < -0.3 is 10.1 Å². The summed E-state index contributed by atoms with van der Waals surface area (Å²) >= 11 is 5.84. The Balaban J connectivity index is 2.84. The Morgan fingerprint density at radius 2 is 2.38 bits per heavy atom. The molecule has 0 heterocycles. The fraction of sp³-hybridized carbons (Fsp3) is 0.222. The van der Waals surface area contributed by atoms with Gasteiger partial charge in [0, 0.05) is 6.07 Å². The van der Waals surface area contributed by atoms with Gasteiger partial charge in [0.15, 0.2) is 0 Å². The molecule has 1 amide bonds. The highest BCUT2D eigenvalue weighted by molar-refractivity contribution is 6.33. The fourth-order valence-corrected chi connectivity index (χ4v) is 1.16. The summed E-state index contributed by atoms with van der Waals surface area (Å²) in [5.41, 5.74) is 0.583. The number of hydrogen-bond acceptors (Lipinski definition) is 2. The van der Waals surface area contributed by atoms with Crippen molar-refractivity contribution in [3.63, 3.8) is 0 Å². The van der Waals surface area contributed by atoms with Crippen LogP contribution >= 0.6 is 11.6 Å². The van der Waals surface area contributed by atoms with E-state index in [1.807, 2.05) is 6.92 Å². The summed E-state index contributed by atoms with van der Waals surface area (Å²) in [7, 11) is 0. The van der Waals surface area contributed by atoms with E-state index >= 15 is 0 Å². The third-order valence-electron chi connectivity index (χ3n) is 1.47. The first kappa shape index (κ1) is 9.86. The largest absolute Gasteiger partial charge is 0.494 e. The number of carbonyl (C=O) groups is 1. The molecular formula is C9H10ClNO2. The molecule has 0 saturated carbocycles. The molecule has 1 aromatic rings. The van der Waals surface area contributed by atoms with Gasteiger partial charge in [0.1, 0.15) is 5.75 Å². The van der Waals surface area contributed by atoms with E-state index in [0.29, 0.717) is 29.5 Å². The van der Waals surface area contributed by atoms with E-state index in [-0.39, 0.29) is 0 Å². The number of hydrogen-bond donors (Lipinski definition) is 1. The maximum absolute atomic E-state index is 10.1. The second kappa shape index (κ2) is 4.72. The van der Waals surface area contributed by atoms with Crippen molar-refractivity contribution >= 4 is 23.7 Å². The minimum atomic E-state index is 0.470. The van der Waals surface area contributed by atoms with Gasteiger partial charge in [-0.15, -0.1) is 0 Å². The Kier molecular flexibility index (Phi) is 3.58. The molecule has 0 unspecified atom stereocenters. The number of carbonyl (C=O) groups excluding carboxylic acids is 1. The number of rotatable bonds is 4. The minimum absolute atomic E-state index is 0.470. The smallest absolute Gasteiger partial charge is 0.211 e. The Labute approximate surface area is 81.7 Å². The fourth-order valence-electron chi connectivity index (χ4n) is 0.933. The second-order valence-corrected chi connectivity index (χ2v) is 2.74. The number of anilines is 1. The molecule has 13 heavy (non-hydrogen) atoms. The Hall–Kier alpha value is -1.22.